The van der Waals surface area contributed by atoms with E-state index in [1.807, 2.05) is 0 Å². The lowest BCUT2D eigenvalue weighted by Gasteiger charge is -2.08. The minimum absolute atomic E-state index is 0.0416. The van der Waals surface area contributed by atoms with Crippen LogP contribution in [0.3, 0.4) is 0 Å². The Morgan fingerprint density at radius 2 is 1.75 bits per heavy atom. The Morgan fingerprint density at radius 1 is 1.15 bits per heavy atom. The molecule has 0 unspecified atom stereocenters. The smallest absolute Gasteiger partial charge is 0.411 e. The topological polar surface area (TPSA) is 103 Å². The predicted octanol–water partition coefficient (Wildman–Crippen LogP) is 1.17. The first-order valence-electron chi connectivity index (χ1n) is 6.27. The second-order valence-corrected chi connectivity index (χ2v) is 3.81. The number of carbonyl (C=O) groups excluding carboxylic acids is 2. The molecule has 0 aliphatic carbocycles. The van der Waals surface area contributed by atoms with Gasteiger partial charge in [-0.05, 0) is 31.2 Å². The van der Waals surface area contributed by atoms with Crippen molar-refractivity contribution in [2.75, 3.05) is 37.0 Å². The number of carbonyl (C=O) groups is 2. The first kappa shape index (κ1) is 15.9. The molecule has 0 saturated heterocycles. The van der Waals surface area contributed by atoms with Crippen LogP contribution in [0.1, 0.15) is 6.92 Å². The van der Waals surface area contributed by atoms with Crippen molar-refractivity contribution in [3.05, 3.63) is 24.3 Å². The number of hydrogen-bond donors (Lipinski definition) is 3. The van der Waals surface area contributed by atoms with E-state index < -0.39 is 6.09 Å². The van der Waals surface area contributed by atoms with E-state index in [0.29, 0.717) is 31.1 Å². The Kier molecular flexibility index (Phi) is 7.08. The van der Waals surface area contributed by atoms with Crippen LogP contribution in [0.25, 0.3) is 0 Å². The normalized spacial score (nSPS) is 9.90. The Hall–Kier alpha value is -2.12. The molecule has 110 valence electrons. The molecule has 20 heavy (non-hydrogen) atoms. The largest absolute Gasteiger partial charge is 0.450 e. The summed E-state index contributed by atoms with van der Waals surface area (Å²) in [4.78, 5) is 22.7. The molecule has 7 heteroatoms. The zero-order chi connectivity index (χ0) is 14.8. The fraction of sp³-hybridized carbons (Fsp3) is 0.385. The van der Waals surface area contributed by atoms with Crippen LogP contribution >= 0.6 is 0 Å². The predicted molar refractivity (Wildman–Crippen MR) is 75.6 cm³/mol. The molecule has 0 aromatic heterocycles. The van der Waals surface area contributed by atoms with Gasteiger partial charge in [0.2, 0.25) is 5.91 Å². The monoisotopic (exact) mass is 281 g/mol. The van der Waals surface area contributed by atoms with Crippen molar-refractivity contribution < 1.29 is 19.1 Å². The number of nitrogens with two attached hydrogens (primary N) is 1. The highest BCUT2D eigenvalue weighted by Gasteiger charge is 2.04. The first-order valence-corrected chi connectivity index (χ1v) is 6.27. The average molecular weight is 281 g/mol. The lowest BCUT2D eigenvalue weighted by molar-refractivity contribution is -0.120. The van der Waals surface area contributed by atoms with Gasteiger partial charge >= 0.3 is 6.09 Å². The molecule has 1 aromatic carbocycles. The molecular formula is C13H19N3O4. The van der Waals surface area contributed by atoms with Crippen molar-refractivity contribution in [3.63, 3.8) is 0 Å². The summed E-state index contributed by atoms with van der Waals surface area (Å²) in [5, 5.41) is 5.21. The van der Waals surface area contributed by atoms with Gasteiger partial charge in [-0.2, -0.15) is 0 Å². The standard InChI is InChI=1S/C13H19N3O4/c1-2-20-13(18)16-11-5-3-10(4-6-11)15-12(17)9-19-8-7-14/h3-6H,2,7-9,14H2,1H3,(H,15,17)(H,16,18). The van der Waals surface area contributed by atoms with Crippen molar-refractivity contribution in [1.82, 2.24) is 0 Å². The summed E-state index contributed by atoms with van der Waals surface area (Å²) in [6.45, 7) is 2.71. The summed E-state index contributed by atoms with van der Waals surface area (Å²) in [7, 11) is 0. The molecule has 0 saturated carbocycles. The van der Waals surface area contributed by atoms with Crippen LogP contribution in [-0.4, -0.2) is 38.4 Å². The molecule has 0 bridgehead atoms. The molecule has 4 N–H and O–H groups in total. The van der Waals surface area contributed by atoms with Gasteiger partial charge in [0.25, 0.3) is 0 Å². The van der Waals surface area contributed by atoms with E-state index in [9.17, 15) is 9.59 Å². The molecule has 0 aliphatic heterocycles. The number of anilines is 2. The van der Waals surface area contributed by atoms with Crippen molar-refractivity contribution in [2.45, 2.75) is 6.92 Å². The van der Waals surface area contributed by atoms with Gasteiger partial charge in [-0.3, -0.25) is 10.1 Å². The summed E-state index contributed by atoms with van der Waals surface area (Å²) >= 11 is 0. The number of amides is 2. The third-order valence-corrected chi connectivity index (χ3v) is 2.19. The number of rotatable bonds is 7. The van der Waals surface area contributed by atoms with Crippen LogP contribution in [0.2, 0.25) is 0 Å². The summed E-state index contributed by atoms with van der Waals surface area (Å²) < 4.78 is 9.76. The summed E-state index contributed by atoms with van der Waals surface area (Å²) in [6.07, 6.45) is -0.514. The summed E-state index contributed by atoms with van der Waals surface area (Å²) in [5.74, 6) is -0.260. The highest BCUT2D eigenvalue weighted by atomic mass is 16.5. The quantitative estimate of drug-likeness (QED) is 0.651. The molecular weight excluding hydrogens is 262 g/mol. The van der Waals surface area contributed by atoms with Gasteiger partial charge in [0, 0.05) is 17.9 Å². The van der Waals surface area contributed by atoms with Crippen LogP contribution < -0.4 is 16.4 Å². The van der Waals surface area contributed by atoms with Gasteiger partial charge in [-0.1, -0.05) is 0 Å². The zero-order valence-corrected chi connectivity index (χ0v) is 11.3. The number of benzene rings is 1. The van der Waals surface area contributed by atoms with Crippen molar-refractivity contribution in [3.8, 4) is 0 Å². The van der Waals surface area contributed by atoms with Crippen molar-refractivity contribution >= 4 is 23.4 Å². The molecule has 0 atom stereocenters. The van der Waals surface area contributed by atoms with Gasteiger partial charge in [0.05, 0.1) is 13.2 Å². The lowest BCUT2D eigenvalue weighted by Crippen LogP contribution is -2.20. The minimum atomic E-state index is -0.514. The molecule has 1 rings (SSSR count). The van der Waals surface area contributed by atoms with Gasteiger partial charge in [-0.15, -0.1) is 0 Å². The van der Waals surface area contributed by atoms with Gasteiger partial charge in [-0.25, -0.2) is 4.79 Å². The fourth-order valence-electron chi connectivity index (χ4n) is 1.37. The number of hydrogen-bond acceptors (Lipinski definition) is 5. The first-order chi connectivity index (χ1) is 9.65. The second-order valence-electron chi connectivity index (χ2n) is 3.81. The van der Waals surface area contributed by atoms with Gasteiger partial charge in [0.15, 0.2) is 0 Å². The van der Waals surface area contributed by atoms with E-state index in [2.05, 4.69) is 10.6 Å². The van der Waals surface area contributed by atoms with Crippen LogP contribution in [0.4, 0.5) is 16.2 Å². The maximum absolute atomic E-state index is 11.5. The van der Waals surface area contributed by atoms with Crippen LogP contribution in [0.15, 0.2) is 24.3 Å². The molecule has 2 amide bonds. The van der Waals surface area contributed by atoms with Gasteiger partial charge in [0.1, 0.15) is 6.61 Å². The molecule has 0 aliphatic rings. The number of nitrogens with one attached hydrogen (secondary N) is 2. The Labute approximate surface area is 117 Å². The van der Waals surface area contributed by atoms with Gasteiger partial charge < -0.3 is 20.5 Å². The highest BCUT2D eigenvalue weighted by Crippen LogP contribution is 2.13. The van der Waals surface area contributed by atoms with E-state index >= 15 is 0 Å². The highest BCUT2D eigenvalue weighted by molar-refractivity contribution is 5.92. The van der Waals surface area contributed by atoms with Crippen molar-refractivity contribution in [2.24, 2.45) is 5.73 Å². The molecule has 1 aromatic rings. The Balaban J connectivity index is 2.42. The molecule has 0 fully saturated rings. The summed E-state index contributed by atoms with van der Waals surface area (Å²) in [5.41, 5.74) is 6.44. The van der Waals surface area contributed by atoms with Crippen molar-refractivity contribution in [1.29, 1.82) is 0 Å². The molecule has 0 radical (unpaired) electrons. The van der Waals surface area contributed by atoms with Crippen LogP contribution in [0.5, 0.6) is 0 Å². The average Bonchev–Trinajstić information content (AvgIpc) is 2.41. The minimum Gasteiger partial charge on any atom is -0.450 e. The maximum atomic E-state index is 11.5. The Bertz CT molecular complexity index is 434. The lowest BCUT2D eigenvalue weighted by atomic mass is 10.3. The fourth-order valence-corrected chi connectivity index (χ4v) is 1.37. The summed E-state index contributed by atoms with van der Waals surface area (Å²) in [6, 6.07) is 6.66. The zero-order valence-electron chi connectivity index (χ0n) is 11.3. The van der Waals surface area contributed by atoms with E-state index in [4.69, 9.17) is 15.2 Å². The molecule has 7 nitrogen and oxygen atoms in total. The van der Waals surface area contributed by atoms with E-state index in [-0.39, 0.29) is 12.5 Å². The number of ether oxygens (including phenoxy) is 2. The molecule has 0 heterocycles. The Morgan fingerprint density at radius 3 is 2.30 bits per heavy atom. The van der Waals surface area contributed by atoms with E-state index in [1.165, 1.54) is 0 Å². The van der Waals surface area contributed by atoms with Crippen LogP contribution in [0, 0.1) is 0 Å². The maximum Gasteiger partial charge on any atom is 0.411 e. The third-order valence-electron chi connectivity index (χ3n) is 2.19. The third kappa shape index (κ3) is 6.17. The van der Waals surface area contributed by atoms with Crippen LogP contribution in [-0.2, 0) is 14.3 Å². The van der Waals surface area contributed by atoms with E-state index in [1.54, 1.807) is 31.2 Å². The SMILES string of the molecule is CCOC(=O)Nc1ccc(NC(=O)COCCN)cc1. The van der Waals surface area contributed by atoms with E-state index in [0.717, 1.165) is 0 Å². The molecule has 0 spiro atoms. The second kappa shape index (κ2) is 8.89.